The van der Waals surface area contributed by atoms with Crippen molar-refractivity contribution in [1.82, 2.24) is 14.5 Å². The number of nitrogens with zero attached hydrogens (tertiary/aromatic N) is 3. The zero-order valence-electron chi connectivity index (χ0n) is 15.0. The largest absolute Gasteiger partial charge is 0.297 e. The zero-order valence-corrected chi connectivity index (χ0v) is 15.8. The minimum Gasteiger partial charge on any atom is -0.297 e. The summed E-state index contributed by atoms with van der Waals surface area (Å²) < 4.78 is 1.81. The number of hydrogen-bond donors (Lipinski definition) is 0. The van der Waals surface area contributed by atoms with Gasteiger partial charge in [-0.25, -0.2) is 4.98 Å². The summed E-state index contributed by atoms with van der Waals surface area (Å²) in [5.74, 6) is 0.739. The van der Waals surface area contributed by atoms with Crippen LogP contribution in [-0.2, 0) is 6.54 Å². The molecule has 0 N–H and O–H groups in total. The molecular weight excluding hydrogens is 318 g/mol. The normalized spacial score (nSPS) is 11.8. The van der Waals surface area contributed by atoms with E-state index in [2.05, 4.69) is 39.2 Å². The van der Waals surface area contributed by atoms with Crippen molar-refractivity contribution in [1.29, 1.82) is 0 Å². The Morgan fingerprint density at radius 2 is 1.92 bits per heavy atom. The van der Waals surface area contributed by atoms with Crippen LogP contribution in [0.1, 0.15) is 27.7 Å². The summed E-state index contributed by atoms with van der Waals surface area (Å²) in [6, 6.07) is 8.44. The van der Waals surface area contributed by atoms with E-state index < -0.39 is 0 Å². The van der Waals surface area contributed by atoms with Gasteiger partial charge in [0.15, 0.2) is 5.16 Å². The third-order valence-corrected chi connectivity index (χ3v) is 5.04. The Morgan fingerprint density at radius 3 is 2.54 bits per heavy atom. The van der Waals surface area contributed by atoms with Crippen molar-refractivity contribution in [3.8, 4) is 0 Å². The van der Waals surface area contributed by atoms with Crippen LogP contribution in [0.5, 0.6) is 0 Å². The van der Waals surface area contributed by atoms with Crippen LogP contribution in [0.3, 0.4) is 0 Å². The van der Waals surface area contributed by atoms with Crippen molar-refractivity contribution >= 4 is 22.7 Å². The molecule has 0 saturated heterocycles. The minimum atomic E-state index is 0.0413. The Balaban J connectivity index is 2.40. The van der Waals surface area contributed by atoms with Crippen molar-refractivity contribution < 1.29 is 0 Å². The zero-order chi connectivity index (χ0) is 17.7. The van der Waals surface area contributed by atoms with E-state index in [0.717, 1.165) is 23.0 Å². The predicted octanol–water partition coefficient (Wildman–Crippen LogP) is 3.79. The lowest BCUT2D eigenvalue weighted by Gasteiger charge is -2.30. The second-order valence-corrected chi connectivity index (χ2v) is 7.38. The Bertz CT molecular complexity index is 744. The molecule has 0 amide bonds. The average Bonchev–Trinajstić information content (AvgIpc) is 2.54. The summed E-state index contributed by atoms with van der Waals surface area (Å²) >= 11 is 1.56. The van der Waals surface area contributed by atoms with Gasteiger partial charge in [-0.05, 0) is 39.8 Å². The maximum Gasteiger partial charge on any atom is 0.262 e. The third-order valence-electron chi connectivity index (χ3n) is 4.07. The monoisotopic (exact) mass is 345 g/mol. The van der Waals surface area contributed by atoms with E-state index in [1.165, 1.54) is 0 Å². The van der Waals surface area contributed by atoms with E-state index in [0.29, 0.717) is 24.0 Å². The summed E-state index contributed by atoms with van der Waals surface area (Å²) in [6.07, 6.45) is 1.84. The molecule has 1 aromatic heterocycles. The molecule has 2 aromatic rings. The van der Waals surface area contributed by atoms with Crippen molar-refractivity contribution in [3.05, 3.63) is 47.3 Å². The summed E-state index contributed by atoms with van der Waals surface area (Å²) in [6.45, 7) is 14.0. The summed E-state index contributed by atoms with van der Waals surface area (Å²) in [5.41, 5.74) is 0.800. The van der Waals surface area contributed by atoms with Crippen molar-refractivity contribution in [2.45, 2.75) is 51.5 Å². The second-order valence-electron chi connectivity index (χ2n) is 6.39. The van der Waals surface area contributed by atoms with E-state index >= 15 is 0 Å². The fourth-order valence-corrected chi connectivity index (χ4v) is 3.68. The Hall–Kier alpha value is -1.59. The molecule has 4 nitrogen and oxygen atoms in total. The van der Waals surface area contributed by atoms with Gasteiger partial charge >= 0.3 is 0 Å². The lowest BCUT2D eigenvalue weighted by molar-refractivity contribution is 0.166. The van der Waals surface area contributed by atoms with Gasteiger partial charge < -0.3 is 0 Å². The first-order valence-corrected chi connectivity index (χ1v) is 9.43. The first-order valence-electron chi connectivity index (χ1n) is 8.44. The molecule has 2 rings (SSSR count). The highest BCUT2D eigenvalue weighted by Gasteiger charge is 2.16. The van der Waals surface area contributed by atoms with Crippen LogP contribution in [0, 0.1) is 0 Å². The van der Waals surface area contributed by atoms with E-state index in [-0.39, 0.29) is 5.56 Å². The number of fused-ring (bicyclic) bond motifs is 1. The van der Waals surface area contributed by atoms with E-state index in [1.807, 2.05) is 34.9 Å². The van der Waals surface area contributed by atoms with Crippen molar-refractivity contribution in [2.24, 2.45) is 0 Å². The van der Waals surface area contributed by atoms with Crippen molar-refractivity contribution in [3.63, 3.8) is 0 Å². The lowest BCUT2D eigenvalue weighted by atomic mass is 10.2. The standard InChI is InChI=1S/C19H27N3OS/c1-6-13-24-19-20-17-10-8-7-9-16(17)18(23)22(19)12-11-21(14(2)3)15(4)5/h6-10,14-15H,1,11-13H2,2-5H3. The number of thioether (sulfide) groups is 1. The maximum absolute atomic E-state index is 12.9. The molecule has 0 aliphatic rings. The second kappa shape index (κ2) is 8.49. The highest BCUT2D eigenvalue weighted by molar-refractivity contribution is 7.99. The van der Waals surface area contributed by atoms with Gasteiger partial charge in [0.05, 0.1) is 10.9 Å². The van der Waals surface area contributed by atoms with Crippen LogP contribution in [0.2, 0.25) is 0 Å². The predicted molar refractivity (Wildman–Crippen MR) is 104 cm³/mol. The van der Waals surface area contributed by atoms with Gasteiger partial charge in [-0.15, -0.1) is 6.58 Å². The number of para-hydroxylation sites is 1. The fraction of sp³-hybridized carbons (Fsp3) is 0.474. The highest BCUT2D eigenvalue weighted by atomic mass is 32.2. The average molecular weight is 346 g/mol. The van der Waals surface area contributed by atoms with Gasteiger partial charge in [0.25, 0.3) is 5.56 Å². The molecule has 130 valence electrons. The van der Waals surface area contributed by atoms with Crippen LogP contribution >= 0.6 is 11.8 Å². The number of aromatic nitrogens is 2. The summed E-state index contributed by atoms with van der Waals surface area (Å²) in [4.78, 5) is 20.0. The lowest BCUT2D eigenvalue weighted by Crippen LogP contribution is -2.40. The molecule has 0 aliphatic carbocycles. The van der Waals surface area contributed by atoms with Crippen LogP contribution in [0.4, 0.5) is 0 Å². The molecule has 0 saturated carbocycles. The van der Waals surface area contributed by atoms with Crippen LogP contribution in [0.25, 0.3) is 10.9 Å². The summed E-state index contributed by atoms with van der Waals surface area (Å²) in [7, 11) is 0. The van der Waals surface area contributed by atoms with Gasteiger partial charge in [0, 0.05) is 30.9 Å². The molecule has 24 heavy (non-hydrogen) atoms. The Labute approximate surface area is 148 Å². The first kappa shape index (κ1) is 18.7. The Kier molecular flexibility index (Phi) is 6.63. The van der Waals surface area contributed by atoms with Gasteiger partial charge in [0.1, 0.15) is 0 Å². The minimum absolute atomic E-state index is 0.0413. The molecule has 0 aliphatic heterocycles. The molecule has 0 atom stereocenters. The summed E-state index contributed by atoms with van der Waals surface area (Å²) in [5, 5.41) is 1.45. The molecule has 0 unspecified atom stereocenters. The van der Waals surface area contributed by atoms with Gasteiger partial charge in [0.2, 0.25) is 0 Å². The van der Waals surface area contributed by atoms with Crippen molar-refractivity contribution in [2.75, 3.05) is 12.3 Å². The third kappa shape index (κ3) is 4.28. The fourth-order valence-electron chi connectivity index (χ4n) is 2.92. The molecule has 1 aromatic carbocycles. The number of hydrogen-bond acceptors (Lipinski definition) is 4. The SMILES string of the molecule is C=CCSc1nc2ccccc2c(=O)n1CCN(C(C)C)C(C)C. The molecule has 0 bridgehead atoms. The van der Waals surface area contributed by atoms with E-state index in [4.69, 9.17) is 4.98 Å². The molecule has 0 spiro atoms. The smallest absolute Gasteiger partial charge is 0.262 e. The first-order chi connectivity index (χ1) is 11.5. The number of benzene rings is 1. The molecule has 1 heterocycles. The number of rotatable bonds is 8. The molecule has 5 heteroatoms. The van der Waals surface area contributed by atoms with E-state index in [1.54, 1.807) is 11.8 Å². The maximum atomic E-state index is 12.9. The van der Waals surface area contributed by atoms with Gasteiger partial charge in [-0.3, -0.25) is 14.3 Å². The van der Waals surface area contributed by atoms with Gasteiger partial charge in [-0.1, -0.05) is 30.0 Å². The van der Waals surface area contributed by atoms with Crippen LogP contribution in [-0.4, -0.2) is 38.8 Å². The van der Waals surface area contributed by atoms with E-state index in [9.17, 15) is 4.79 Å². The molecule has 0 radical (unpaired) electrons. The molecule has 0 fully saturated rings. The highest BCUT2D eigenvalue weighted by Crippen LogP contribution is 2.18. The molecular formula is C19H27N3OS. The van der Waals surface area contributed by atoms with Crippen LogP contribution in [0.15, 0.2) is 46.9 Å². The quantitative estimate of drug-likeness (QED) is 0.414. The Morgan fingerprint density at radius 1 is 1.25 bits per heavy atom. The van der Waals surface area contributed by atoms with Gasteiger partial charge in [-0.2, -0.15) is 0 Å². The topological polar surface area (TPSA) is 38.1 Å². The van der Waals surface area contributed by atoms with Crippen LogP contribution < -0.4 is 5.56 Å².